The number of hydrogen-bond donors (Lipinski definition) is 3. The average Bonchev–Trinajstić information content (AvgIpc) is 3.00. The standard InChI is InChI=1S/C32H38Cl2N4O3.ClH/c1-4-11-25(23-14-15-27(33)28(34)20-23)26-21-31(24-12-7-5-8-13-24,29(40)37-36-22(2)39)16-17-32(26,30(41)35-3)38-18-9-6-10-19-38;/h5,7-8,12-17,20-21,25H,4,6,9-11,18-19H2,1-3H3,(H,35,41)(H,36,39)(H,37,40);1H. The number of likely N-dealkylation sites (N-methyl/N-ethyl adjacent to an activating group) is 1. The first-order chi connectivity index (χ1) is 19.7. The highest BCUT2D eigenvalue weighted by Crippen LogP contribution is 2.48. The normalized spacial score (nSPS) is 22.7. The zero-order chi connectivity index (χ0) is 29.6. The van der Waals surface area contributed by atoms with Gasteiger partial charge in [0, 0.05) is 19.9 Å². The van der Waals surface area contributed by atoms with Crippen LogP contribution in [0.25, 0.3) is 0 Å². The van der Waals surface area contributed by atoms with Crippen molar-refractivity contribution in [1.82, 2.24) is 21.1 Å². The molecule has 2 aromatic rings. The molecule has 10 heteroatoms. The first-order valence-corrected chi connectivity index (χ1v) is 14.9. The van der Waals surface area contributed by atoms with Gasteiger partial charge in [-0.25, -0.2) is 0 Å². The molecule has 1 fully saturated rings. The van der Waals surface area contributed by atoms with Crippen LogP contribution in [0.5, 0.6) is 0 Å². The quantitative estimate of drug-likeness (QED) is 0.251. The number of amides is 3. The van der Waals surface area contributed by atoms with Gasteiger partial charge in [0.25, 0.3) is 5.91 Å². The largest absolute Gasteiger partial charge is 0.357 e. The minimum absolute atomic E-state index is 0. The van der Waals surface area contributed by atoms with E-state index in [9.17, 15) is 14.4 Å². The van der Waals surface area contributed by atoms with Crippen LogP contribution in [0.15, 0.2) is 72.3 Å². The molecular formula is C32H39Cl3N4O3. The number of hydrazine groups is 1. The molecule has 226 valence electrons. The Labute approximate surface area is 264 Å². The summed E-state index contributed by atoms with van der Waals surface area (Å²) in [5.74, 6) is -1.23. The van der Waals surface area contributed by atoms with Crippen LogP contribution in [0, 0.1) is 0 Å². The number of piperidine rings is 1. The van der Waals surface area contributed by atoms with Gasteiger partial charge in [-0.3, -0.25) is 30.1 Å². The molecule has 0 radical (unpaired) electrons. The molecule has 3 N–H and O–H groups in total. The third-order valence-corrected chi connectivity index (χ3v) is 8.86. The highest BCUT2D eigenvalue weighted by Gasteiger charge is 2.53. The summed E-state index contributed by atoms with van der Waals surface area (Å²) in [6, 6.07) is 15.0. The zero-order valence-corrected chi connectivity index (χ0v) is 26.5. The number of carbonyl (C=O) groups excluding carboxylic acids is 3. The van der Waals surface area contributed by atoms with Crippen LogP contribution >= 0.6 is 35.6 Å². The molecule has 1 aliphatic carbocycles. The van der Waals surface area contributed by atoms with Crippen LogP contribution in [-0.2, 0) is 19.8 Å². The van der Waals surface area contributed by atoms with Crippen LogP contribution in [0.3, 0.4) is 0 Å². The van der Waals surface area contributed by atoms with Gasteiger partial charge in [-0.15, -0.1) is 12.4 Å². The van der Waals surface area contributed by atoms with E-state index in [1.54, 1.807) is 13.1 Å². The molecule has 0 bridgehead atoms. The van der Waals surface area contributed by atoms with E-state index in [4.69, 9.17) is 23.2 Å². The number of carbonyl (C=O) groups is 3. The van der Waals surface area contributed by atoms with Crippen molar-refractivity contribution in [2.45, 2.75) is 62.8 Å². The molecule has 0 aromatic heterocycles. The molecule has 2 aromatic carbocycles. The van der Waals surface area contributed by atoms with Crippen molar-refractivity contribution in [3.63, 3.8) is 0 Å². The van der Waals surface area contributed by atoms with Gasteiger partial charge in [-0.05, 0) is 61.2 Å². The SMILES string of the molecule is CCCC(C1=CC(C(=O)NNC(C)=O)(c2ccccc2)C=CC1(C(=O)NC)N1CCCCC1)c1ccc(Cl)c(Cl)c1.Cl. The Balaban J connectivity index is 0.00000484. The molecule has 0 saturated carbocycles. The number of halogens is 3. The van der Waals surface area contributed by atoms with Crippen LogP contribution in [0.2, 0.25) is 10.0 Å². The molecule has 42 heavy (non-hydrogen) atoms. The van der Waals surface area contributed by atoms with Crippen molar-refractivity contribution in [3.05, 3.63) is 93.5 Å². The lowest BCUT2D eigenvalue weighted by Crippen LogP contribution is -2.62. The number of benzene rings is 2. The third kappa shape index (κ3) is 6.55. The van der Waals surface area contributed by atoms with Gasteiger partial charge in [0.05, 0.1) is 10.0 Å². The third-order valence-electron chi connectivity index (χ3n) is 8.12. The first kappa shape index (κ1) is 33.7. The van der Waals surface area contributed by atoms with Crippen LogP contribution in [0.1, 0.15) is 63.0 Å². The van der Waals surface area contributed by atoms with Crippen molar-refractivity contribution in [2.24, 2.45) is 0 Å². The Kier molecular flexibility index (Phi) is 11.7. The molecular weight excluding hydrogens is 595 g/mol. The summed E-state index contributed by atoms with van der Waals surface area (Å²) in [5.41, 5.74) is 5.04. The van der Waals surface area contributed by atoms with Crippen molar-refractivity contribution in [3.8, 4) is 0 Å². The zero-order valence-electron chi connectivity index (χ0n) is 24.2. The summed E-state index contributed by atoms with van der Waals surface area (Å²) >= 11 is 12.8. The molecule has 3 amide bonds. The summed E-state index contributed by atoms with van der Waals surface area (Å²) in [6.07, 6.45) is 10.2. The van der Waals surface area contributed by atoms with Crippen molar-refractivity contribution in [2.75, 3.05) is 20.1 Å². The summed E-state index contributed by atoms with van der Waals surface area (Å²) in [6.45, 7) is 4.92. The molecule has 3 atom stereocenters. The highest BCUT2D eigenvalue weighted by atomic mass is 35.5. The maximum atomic E-state index is 14.1. The van der Waals surface area contributed by atoms with E-state index in [1.165, 1.54) is 6.92 Å². The smallest absolute Gasteiger partial charge is 0.256 e. The number of hydrogen-bond acceptors (Lipinski definition) is 4. The Morgan fingerprint density at radius 3 is 2.21 bits per heavy atom. The summed E-state index contributed by atoms with van der Waals surface area (Å²) in [7, 11) is 1.65. The molecule has 1 saturated heterocycles. The van der Waals surface area contributed by atoms with Gasteiger partial charge in [0.2, 0.25) is 11.8 Å². The van der Waals surface area contributed by atoms with Crippen LogP contribution in [0.4, 0.5) is 0 Å². The molecule has 3 unspecified atom stereocenters. The van der Waals surface area contributed by atoms with E-state index in [-0.39, 0.29) is 24.2 Å². The lowest BCUT2D eigenvalue weighted by Gasteiger charge is -2.49. The number of rotatable bonds is 8. The molecule has 1 heterocycles. The molecule has 2 aliphatic rings. The van der Waals surface area contributed by atoms with Crippen molar-refractivity contribution in [1.29, 1.82) is 0 Å². The van der Waals surface area contributed by atoms with E-state index in [1.807, 2.05) is 60.7 Å². The fraction of sp³-hybridized carbons (Fsp3) is 0.406. The van der Waals surface area contributed by atoms with Gasteiger partial charge < -0.3 is 5.32 Å². The van der Waals surface area contributed by atoms with E-state index in [0.717, 1.165) is 49.9 Å². The van der Waals surface area contributed by atoms with Crippen LogP contribution < -0.4 is 16.2 Å². The average molecular weight is 634 g/mol. The van der Waals surface area contributed by atoms with Crippen LogP contribution in [-0.4, -0.2) is 48.3 Å². The maximum Gasteiger partial charge on any atom is 0.256 e. The minimum atomic E-state index is -1.30. The van der Waals surface area contributed by atoms with Gasteiger partial charge in [-0.1, -0.05) is 97.6 Å². The second-order valence-electron chi connectivity index (χ2n) is 10.7. The molecule has 7 nitrogen and oxygen atoms in total. The number of likely N-dealkylation sites (tertiary alicyclic amines) is 1. The first-order valence-electron chi connectivity index (χ1n) is 14.2. The maximum absolute atomic E-state index is 14.1. The van der Waals surface area contributed by atoms with Gasteiger partial charge in [0.1, 0.15) is 11.0 Å². The summed E-state index contributed by atoms with van der Waals surface area (Å²) < 4.78 is 0. The fourth-order valence-electron chi connectivity index (χ4n) is 6.13. The minimum Gasteiger partial charge on any atom is -0.357 e. The van der Waals surface area contributed by atoms with Crippen molar-refractivity contribution < 1.29 is 14.4 Å². The second kappa shape index (κ2) is 14.6. The van der Waals surface area contributed by atoms with Gasteiger partial charge >= 0.3 is 0 Å². The second-order valence-corrected chi connectivity index (χ2v) is 11.5. The Bertz CT molecular complexity index is 1340. The summed E-state index contributed by atoms with van der Waals surface area (Å²) in [5, 5.41) is 3.81. The Hall–Kier alpha value is -2.84. The molecule has 1 aliphatic heterocycles. The molecule has 0 spiro atoms. The molecule has 4 rings (SSSR count). The number of nitrogens with one attached hydrogen (secondary N) is 3. The van der Waals surface area contributed by atoms with E-state index in [2.05, 4.69) is 28.0 Å². The predicted octanol–water partition coefficient (Wildman–Crippen LogP) is 5.87. The highest BCUT2D eigenvalue weighted by molar-refractivity contribution is 6.42. The van der Waals surface area contributed by atoms with Gasteiger partial charge in [-0.2, -0.15) is 0 Å². The monoisotopic (exact) mass is 632 g/mol. The Morgan fingerprint density at radius 1 is 0.929 bits per heavy atom. The van der Waals surface area contributed by atoms with Crippen molar-refractivity contribution >= 4 is 53.3 Å². The Morgan fingerprint density at radius 2 is 1.62 bits per heavy atom. The predicted molar refractivity (Wildman–Crippen MR) is 171 cm³/mol. The van der Waals surface area contributed by atoms with E-state index in [0.29, 0.717) is 22.0 Å². The lowest BCUT2D eigenvalue weighted by atomic mass is 9.64. The fourth-order valence-corrected chi connectivity index (χ4v) is 6.43. The van der Waals surface area contributed by atoms with Gasteiger partial charge in [0.15, 0.2) is 0 Å². The van der Waals surface area contributed by atoms with E-state index < -0.39 is 22.8 Å². The topological polar surface area (TPSA) is 90.5 Å². The lowest BCUT2D eigenvalue weighted by molar-refractivity contribution is -0.130. The summed E-state index contributed by atoms with van der Waals surface area (Å²) in [4.78, 5) is 42.2. The number of nitrogens with zero attached hydrogens (tertiary/aromatic N) is 1. The van der Waals surface area contributed by atoms with E-state index >= 15 is 0 Å².